The zero-order valence-corrected chi connectivity index (χ0v) is 14.3. The number of anilines is 2. The molecule has 0 heterocycles. The first-order valence-electron chi connectivity index (χ1n) is 7.51. The average molecular weight is 330 g/mol. The molecule has 24 heavy (non-hydrogen) atoms. The number of hydrogen-bond acceptors (Lipinski definition) is 5. The van der Waals surface area contributed by atoms with Gasteiger partial charge in [0, 0.05) is 11.8 Å². The van der Waals surface area contributed by atoms with E-state index in [2.05, 4.69) is 10.6 Å². The lowest BCUT2D eigenvalue weighted by Crippen LogP contribution is -2.32. The van der Waals surface area contributed by atoms with Crippen LogP contribution in [0.2, 0.25) is 0 Å². The molecule has 0 aliphatic rings. The predicted octanol–water partition coefficient (Wildman–Crippen LogP) is 3.15. The third-order valence-corrected chi connectivity index (χ3v) is 3.52. The second kappa shape index (κ2) is 8.10. The molecule has 2 aromatic carbocycles. The molecule has 1 amide bonds. The van der Waals surface area contributed by atoms with Gasteiger partial charge in [-0.05, 0) is 31.2 Å². The van der Waals surface area contributed by atoms with Crippen LogP contribution in [0.1, 0.15) is 6.92 Å². The van der Waals surface area contributed by atoms with E-state index in [-0.39, 0.29) is 5.91 Å². The number of para-hydroxylation sites is 2. The topological polar surface area (TPSA) is 68.8 Å². The fourth-order valence-electron chi connectivity index (χ4n) is 2.23. The molecule has 1 atom stereocenters. The third kappa shape index (κ3) is 4.10. The van der Waals surface area contributed by atoms with Crippen molar-refractivity contribution in [1.29, 1.82) is 0 Å². The van der Waals surface area contributed by atoms with Crippen molar-refractivity contribution in [1.82, 2.24) is 0 Å². The predicted molar refractivity (Wildman–Crippen MR) is 94.3 cm³/mol. The molecule has 2 N–H and O–H groups in total. The summed E-state index contributed by atoms with van der Waals surface area (Å²) >= 11 is 0. The summed E-state index contributed by atoms with van der Waals surface area (Å²) in [5.74, 6) is 1.67. The van der Waals surface area contributed by atoms with E-state index < -0.39 is 6.04 Å². The summed E-state index contributed by atoms with van der Waals surface area (Å²) < 4.78 is 15.7. The van der Waals surface area contributed by atoms with Crippen LogP contribution in [0.25, 0.3) is 0 Å². The Morgan fingerprint density at radius 3 is 2.25 bits per heavy atom. The highest BCUT2D eigenvalue weighted by molar-refractivity contribution is 5.96. The quantitative estimate of drug-likeness (QED) is 0.816. The molecule has 0 radical (unpaired) electrons. The monoisotopic (exact) mass is 330 g/mol. The van der Waals surface area contributed by atoms with Crippen LogP contribution < -0.4 is 24.8 Å². The highest BCUT2D eigenvalue weighted by Crippen LogP contribution is 2.30. The largest absolute Gasteiger partial charge is 0.495 e. The number of methoxy groups -OCH3 is 3. The standard InChI is InChI=1S/C18H22N2O4/c1-12(19-14-7-5-6-8-15(14)22-2)18(21)20-13-9-10-16(23-3)17(11-13)24-4/h5-12,19H,1-4H3,(H,20,21). The molecule has 0 fully saturated rings. The number of ether oxygens (including phenoxy) is 3. The number of carbonyl (C=O) groups is 1. The van der Waals surface area contributed by atoms with Gasteiger partial charge in [-0.3, -0.25) is 4.79 Å². The zero-order valence-electron chi connectivity index (χ0n) is 14.3. The van der Waals surface area contributed by atoms with Crippen molar-refractivity contribution in [2.75, 3.05) is 32.0 Å². The van der Waals surface area contributed by atoms with Crippen LogP contribution in [0.5, 0.6) is 17.2 Å². The Kier molecular flexibility index (Phi) is 5.89. The summed E-state index contributed by atoms with van der Waals surface area (Å²) in [5.41, 5.74) is 1.39. The van der Waals surface area contributed by atoms with Crippen molar-refractivity contribution in [3.8, 4) is 17.2 Å². The van der Waals surface area contributed by atoms with Crippen LogP contribution in [0, 0.1) is 0 Å². The van der Waals surface area contributed by atoms with Gasteiger partial charge in [0.2, 0.25) is 5.91 Å². The van der Waals surface area contributed by atoms with Crippen molar-refractivity contribution in [2.24, 2.45) is 0 Å². The molecule has 1 unspecified atom stereocenters. The Labute approximate surface area is 141 Å². The summed E-state index contributed by atoms with van der Waals surface area (Å²) in [6.07, 6.45) is 0. The van der Waals surface area contributed by atoms with E-state index in [4.69, 9.17) is 14.2 Å². The Morgan fingerprint density at radius 1 is 0.917 bits per heavy atom. The van der Waals surface area contributed by atoms with Gasteiger partial charge in [-0.15, -0.1) is 0 Å². The number of hydrogen-bond donors (Lipinski definition) is 2. The highest BCUT2D eigenvalue weighted by atomic mass is 16.5. The van der Waals surface area contributed by atoms with Crippen LogP contribution in [0.15, 0.2) is 42.5 Å². The molecule has 128 valence electrons. The number of benzene rings is 2. The smallest absolute Gasteiger partial charge is 0.246 e. The van der Waals surface area contributed by atoms with Crippen molar-refractivity contribution >= 4 is 17.3 Å². The number of amides is 1. The van der Waals surface area contributed by atoms with Crippen LogP contribution >= 0.6 is 0 Å². The summed E-state index contributed by atoms with van der Waals surface area (Å²) in [7, 11) is 4.71. The minimum Gasteiger partial charge on any atom is -0.495 e. The van der Waals surface area contributed by atoms with Gasteiger partial charge in [0.05, 0.1) is 27.0 Å². The van der Waals surface area contributed by atoms with E-state index in [1.165, 1.54) is 0 Å². The molecular weight excluding hydrogens is 308 g/mol. The molecule has 2 aromatic rings. The molecule has 6 nitrogen and oxygen atoms in total. The summed E-state index contributed by atoms with van der Waals surface area (Å²) in [6.45, 7) is 1.78. The maximum absolute atomic E-state index is 12.4. The van der Waals surface area contributed by atoms with E-state index in [9.17, 15) is 4.79 Å². The average Bonchev–Trinajstić information content (AvgIpc) is 2.61. The number of carbonyl (C=O) groups excluding carboxylic acids is 1. The van der Waals surface area contributed by atoms with Gasteiger partial charge < -0.3 is 24.8 Å². The van der Waals surface area contributed by atoms with Gasteiger partial charge in [0.15, 0.2) is 11.5 Å². The molecule has 0 aliphatic carbocycles. The van der Waals surface area contributed by atoms with Gasteiger partial charge >= 0.3 is 0 Å². The zero-order chi connectivity index (χ0) is 17.5. The summed E-state index contributed by atoms with van der Waals surface area (Å²) in [4.78, 5) is 12.4. The fourth-order valence-corrected chi connectivity index (χ4v) is 2.23. The molecule has 0 saturated heterocycles. The minimum atomic E-state index is -0.450. The lowest BCUT2D eigenvalue weighted by Gasteiger charge is -2.17. The minimum absolute atomic E-state index is 0.173. The van der Waals surface area contributed by atoms with Crippen LogP contribution in [-0.2, 0) is 4.79 Å². The van der Waals surface area contributed by atoms with Crippen LogP contribution in [-0.4, -0.2) is 33.3 Å². The molecule has 0 bridgehead atoms. The molecule has 0 saturated carbocycles. The Morgan fingerprint density at radius 2 is 1.58 bits per heavy atom. The van der Waals surface area contributed by atoms with Crippen molar-refractivity contribution in [3.63, 3.8) is 0 Å². The molecule has 0 aliphatic heterocycles. The van der Waals surface area contributed by atoms with Gasteiger partial charge in [-0.25, -0.2) is 0 Å². The first kappa shape index (κ1) is 17.5. The van der Waals surface area contributed by atoms with E-state index in [1.807, 2.05) is 24.3 Å². The highest BCUT2D eigenvalue weighted by Gasteiger charge is 2.15. The van der Waals surface area contributed by atoms with E-state index >= 15 is 0 Å². The third-order valence-electron chi connectivity index (χ3n) is 3.52. The Hall–Kier alpha value is -2.89. The number of rotatable bonds is 7. The Bertz CT molecular complexity index is 703. The van der Waals surface area contributed by atoms with Crippen molar-refractivity contribution < 1.29 is 19.0 Å². The molecular formula is C18H22N2O4. The van der Waals surface area contributed by atoms with Crippen molar-refractivity contribution in [2.45, 2.75) is 13.0 Å². The summed E-state index contributed by atoms with van der Waals surface area (Å²) in [5, 5.41) is 5.99. The lowest BCUT2D eigenvalue weighted by molar-refractivity contribution is -0.116. The second-order valence-corrected chi connectivity index (χ2v) is 5.13. The SMILES string of the molecule is COc1ccccc1NC(C)C(=O)Nc1ccc(OC)c(OC)c1. The van der Waals surface area contributed by atoms with Gasteiger partial charge in [-0.1, -0.05) is 12.1 Å². The molecule has 6 heteroatoms. The molecule has 0 aromatic heterocycles. The van der Waals surface area contributed by atoms with Crippen LogP contribution in [0.3, 0.4) is 0 Å². The first-order chi connectivity index (χ1) is 11.6. The maximum atomic E-state index is 12.4. The fraction of sp³-hybridized carbons (Fsp3) is 0.278. The Balaban J connectivity index is 2.06. The van der Waals surface area contributed by atoms with E-state index in [0.29, 0.717) is 22.9 Å². The molecule has 2 rings (SSSR count). The number of nitrogens with one attached hydrogen (secondary N) is 2. The van der Waals surface area contributed by atoms with E-state index in [1.54, 1.807) is 46.5 Å². The maximum Gasteiger partial charge on any atom is 0.246 e. The van der Waals surface area contributed by atoms with Gasteiger partial charge in [0.25, 0.3) is 0 Å². The first-order valence-corrected chi connectivity index (χ1v) is 7.51. The van der Waals surface area contributed by atoms with Gasteiger partial charge in [-0.2, -0.15) is 0 Å². The molecule has 0 spiro atoms. The van der Waals surface area contributed by atoms with Gasteiger partial charge in [0.1, 0.15) is 11.8 Å². The lowest BCUT2D eigenvalue weighted by atomic mass is 10.2. The second-order valence-electron chi connectivity index (χ2n) is 5.13. The van der Waals surface area contributed by atoms with Crippen LogP contribution in [0.4, 0.5) is 11.4 Å². The van der Waals surface area contributed by atoms with E-state index in [0.717, 1.165) is 5.69 Å². The normalized spacial score (nSPS) is 11.3. The van der Waals surface area contributed by atoms with Crippen molar-refractivity contribution in [3.05, 3.63) is 42.5 Å². The summed E-state index contributed by atoms with van der Waals surface area (Å²) in [6, 6.07) is 12.2.